The van der Waals surface area contributed by atoms with E-state index in [4.69, 9.17) is 0 Å². The highest BCUT2D eigenvalue weighted by Gasteiger charge is 2.12. The lowest BCUT2D eigenvalue weighted by atomic mass is 10.1. The van der Waals surface area contributed by atoms with E-state index in [1.54, 1.807) is 11.3 Å². The highest BCUT2D eigenvalue weighted by atomic mass is 127. The third-order valence-corrected chi connectivity index (χ3v) is 4.93. The summed E-state index contributed by atoms with van der Waals surface area (Å²) >= 11 is 4.08. The molecule has 17 heavy (non-hydrogen) atoms. The van der Waals surface area contributed by atoms with Crippen LogP contribution in [0.4, 0.5) is 0 Å². The van der Waals surface area contributed by atoms with Gasteiger partial charge in [-0.05, 0) is 18.2 Å². The third-order valence-electron chi connectivity index (χ3n) is 3.08. The van der Waals surface area contributed by atoms with E-state index in [1.165, 1.54) is 26.5 Å². The highest BCUT2D eigenvalue weighted by molar-refractivity contribution is 14.1. The van der Waals surface area contributed by atoms with E-state index < -0.39 is 0 Å². The molecule has 2 nitrogen and oxygen atoms in total. The molecule has 0 bridgehead atoms. The van der Waals surface area contributed by atoms with E-state index in [9.17, 15) is 0 Å². The summed E-state index contributed by atoms with van der Waals surface area (Å²) in [6, 6.07) is 12.8. The van der Waals surface area contributed by atoms with E-state index in [2.05, 4.69) is 67.0 Å². The van der Waals surface area contributed by atoms with E-state index in [-0.39, 0.29) is 0 Å². The molecule has 4 heteroatoms. The van der Waals surface area contributed by atoms with Gasteiger partial charge in [-0.1, -0.05) is 18.2 Å². The van der Waals surface area contributed by atoms with Crippen LogP contribution in [-0.2, 0) is 0 Å². The van der Waals surface area contributed by atoms with Crippen LogP contribution >= 0.6 is 34.2 Å². The molecule has 2 aromatic heterocycles. The summed E-state index contributed by atoms with van der Waals surface area (Å²) in [6.07, 6.45) is 0. The molecule has 0 amide bonds. The molecule has 2 aromatic carbocycles. The van der Waals surface area contributed by atoms with Gasteiger partial charge < -0.3 is 0 Å². The summed E-state index contributed by atoms with van der Waals surface area (Å²) in [5, 5.41) is 2.62. The number of hydrogen-bond donors (Lipinski definition) is 0. The number of halogens is 1. The van der Waals surface area contributed by atoms with Crippen molar-refractivity contribution in [2.45, 2.75) is 0 Å². The largest absolute Gasteiger partial charge is 0.280 e. The third kappa shape index (κ3) is 1.22. The zero-order valence-electron chi connectivity index (χ0n) is 8.72. The Balaban J connectivity index is 2.43. The minimum absolute atomic E-state index is 1.09. The van der Waals surface area contributed by atoms with Crippen molar-refractivity contribution in [1.82, 2.24) is 7.76 Å². The van der Waals surface area contributed by atoms with Gasteiger partial charge in [0.15, 0.2) is 0 Å². The average molecular weight is 350 g/mol. The van der Waals surface area contributed by atoms with E-state index >= 15 is 0 Å². The Morgan fingerprint density at radius 2 is 1.94 bits per heavy atom. The van der Waals surface area contributed by atoms with Crippen LogP contribution < -0.4 is 0 Å². The first-order valence-electron chi connectivity index (χ1n) is 5.28. The van der Waals surface area contributed by atoms with Crippen molar-refractivity contribution in [2.75, 3.05) is 0 Å². The zero-order valence-corrected chi connectivity index (χ0v) is 11.7. The van der Waals surface area contributed by atoms with Crippen LogP contribution in [-0.4, -0.2) is 7.76 Å². The SMILES string of the molecule is In1c2ccccc2c2ccc3ncsc3c21. The number of fused-ring (bicyclic) bond motifs is 5. The molecule has 0 unspecified atom stereocenters. The number of nitrogens with zero attached hydrogens (tertiary/aromatic N) is 2. The minimum atomic E-state index is 1.09. The maximum absolute atomic E-state index is 4.38. The van der Waals surface area contributed by atoms with Crippen LogP contribution in [0.25, 0.3) is 32.0 Å². The molecule has 0 spiro atoms. The van der Waals surface area contributed by atoms with Gasteiger partial charge in [-0.3, -0.25) is 2.78 Å². The summed E-state index contributed by atoms with van der Waals surface area (Å²) < 4.78 is 3.51. The fraction of sp³-hybridized carbons (Fsp3) is 0. The van der Waals surface area contributed by atoms with Gasteiger partial charge in [0, 0.05) is 10.8 Å². The van der Waals surface area contributed by atoms with Crippen molar-refractivity contribution in [3.05, 3.63) is 41.9 Å². The molecule has 0 saturated carbocycles. The predicted molar refractivity (Wildman–Crippen MR) is 82.0 cm³/mol. The Labute approximate surface area is 115 Å². The first-order valence-corrected chi connectivity index (χ1v) is 7.12. The summed E-state index contributed by atoms with van der Waals surface area (Å²) in [7, 11) is 0. The molecule has 4 rings (SSSR count). The van der Waals surface area contributed by atoms with Crippen LogP contribution in [0.5, 0.6) is 0 Å². The van der Waals surface area contributed by atoms with Crippen LogP contribution in [0.3, 0.4) is 0 Å². The summed E-state index contributed by atoms with van der Waals surface area (Å²) in [5.41, 5.74) is 5.55. The van der Waals surface area contributed by atoms with Gasteiger partial charge >= 0.3 is 0 Å². The molecule has 0 saturated heterocycles. The fourth-order valence-electron chi connectivity index (χ4n) is 2.32. The van der Waals surface area contributed by atoms with E-state index in [0.717, 1.165) is 5.52 Å². The van der Waals surface area contributed by atoms with Gasteiger partial charge in [-0.25, -0.2) is 4.98 Å². The molecular formula is C13H7IN2S. The molecule has 82 valence electrons. The average Bonchev–Trinajstić information content (AvgIpc) is 2.93. The highest BCUT2D eigenvalue weighted by Crippen LogP contribution is 2.36. The van der Waals surface area contributed by atoms with Crippen molar-refractivity contribution >= 4 is 66.2 Å². The molecule has 0 atom stereocenters. The van der Waals surface area contributed by atoms with Gasteiger partial charge in [0.1, 0.15) is 0 Å². The standard InChI is InChI=1S/C13H7IN2S/c14-16-11-4-2-1-3-8(11)9-5-6-10-13(12(9)16)17-7-15-10/h1-7H. The smallest absolute Gasteiger partial charge is 0.0834 e. The van der Waals surface area contributed by atoms with Crippen molar-refractivity contribution in [2.24, 2.45) is 0 Å². The number of hydrogen-bond acceptors (Lipinski definition) is 2. The van der Waals surface area contributed by atoms with Crippen molar-refractivity contribution in [3.63, 3.8) is 0 Å². The second kappa shape index (κ2) is 3.43. The first kappa shape index (κ1) is 9.85. The summed E-state index contributed by atoms with van der Waals surface area (Å²) in [6.45, 7) is 0. The molecule has 0 aliphatic heterocycles. The Bertz CT molecular complexity index is 860. The van der Waals surface area contributed by atoms with Gasteiger partial charge in [-0.2, -0.15) is 0 Å². The second-order valence-corrected chi connectivity index (χ2v) is 5.78. The van der Waals surface area contributed by atoms with Crippen molar-refractivity contribution in [3.8, 4) is 0 Å². The van der Waals surface area contributed by atoms with Gasteiger partial charge in [0.2, 0.25) is 0 Å². The van der Waals surface area contributed by atoms with E-state index in [1.807, 2.05) is 5.51 Å². The topological polar surface area (TPSA) is 17.8 Å². The molecular weight excluding hydrogens is 343 g/mol. The summed E-state index contributed by atoms with van der Waals surface area (Å²) in [4.78, 5) is 4.38. The fourth-order valence-corrected chi connectivity index (χ4v) is 4.23. The predicted octanol–water partition coefficient (Wildman–Crippen LogP) is 4.60. The lowest BCUT2D eigenvalue weighted by molar-refractivity contribution is 1.49. The Morgan fingerprint density at radius 1 is 1.06 bits per heavy atom. The molecule has 0 radical (unpaired) electrons. The van der Waals surface area contributed by atoms with Crippen LogP contribution in [0.1, 0.15) is 0 Å². The molecule has 2 heterocycles. The normalized spacial score (nSPS) is 11.8. The van der Waals surface area contributed by atoms with Gasteiger partial charge in [-0.15, -0.1) is 11.3 Å². The zero-order chi connectivity index (χ0) is 11.4. The Hall–Kier alpha value is -1.14. The maximum atomic E-state index is 4.38. The maximum Gasteiger partial charge on any atom is 0.0834 e. The Morgan fingerprint density at radius 3 is 2.88 bits per heavy atom. The number of benzene rings is 2. The second-order valence-electron chi connectivity index (χ2n) is 3.96. The van der Waals surface area contributed by atoms with E-state index in [0.29, 0.717) is 0 Å². The Kier molecular flexibility index (Phi) is 1.99. The van der Waals surface area contributed by atoms with Gasteiger partial charge in [0.25, 0.3) is 0 Å². The quantitative estimate of drug-likeness (QED) is 0.424. The lowest BCUT2D eigenvalue weighted by Crippen LogP contribution is -1.77. The van der Waals surface area contributed by atoms with Gasteiger partial charge in [0.05, 0.1) is 49.6 Å². The number of rotatable bonds is 0. The van der Waals surface area contributed by atoms with Crippen molar-refractivity contribution in [1.29, 1.82) is 0 Å². The number of para-hydroxylation sites is 1. The monoisotopic (exact) mass is 350 g/mol. The molecule has 0 aliphatic rings. The van der Waals surface area contributed by atoms with Crippen LogP contribution in [0.2, 0.25) is 0 Å². The minimum Gasteiger partial charge on any atom is -0.280 e. The van der Waals surface area contributed by atoms with Crippen LogP contribution in [0.15, 0.2) is 41.9 Å². The van der Waals surface area contributed by atoms with Crippen LogP contribution in [0, 0.1) is 0 Å². The molecule has 0 aliphatic carbocycles. The lowest BCUT2D eigenvalue weighted by Gasteiger charge is -1.95. The molecule has 0 fully saturated rings. The number of aromatic nitrogens is 2. The summed E-state index contributed by atoms with van der Waals surface area (Å²) in [5.74, 6) is 0. The first-order chi connectivity index (χ1) is 8.36. The van der Waals surface area contributed by atoms with Crippen molar-refractivity contribution < 1.29 is 0 Å². The number of thiazole rings is 1. The molecule has 4 aromatic rings. The molecule has 0 N–H and O–H groups in total.